The van der Waals surface area contributed by atoms with Crippen molar-refractivity contribution in [1.82, 2.24) is 0 Å². The molecule has 0 aliphatic carbocycles. The van der Waals surface area contributed by atoms with Gasteiger partial charge in [0.25, 0.3) is 0 Å². The fourth-order valence-electron chi connectivity index (χ4n) is 1.05. The monoisotopic (exact) mass is 264 g/mol. The Labute approximate surface area is 105 Å². The maximum atomic E-state index is 5.79. The second-order valence-electron chi connectivity index (χ2n) is 2.98. The second kappa shape index (κ2) is 8.28. The summed E-state index contributed by atoms with van der Waals surface area (Å²) in [6, 6.07) is 7.94. The molecular weight excluding hydrogens is 251 g/mol. The maximum Gasteiger partial charge on any atom is 0.0602 e. The van der Waals surface area contributed by atoms with E-state index in [2.05, 4.69) is 12.1 Å². The molecule has 0 aromatic heterocycles. The van der Waals surface area contributed by atoms with E-state index in [4.69, 9.17) is 27.9 Å². The van der Waals surface area contributed by atoms with Crippen LogP contribution < -0.4 is 0 Å². The van der Waals surface area contributed by atoms with E-state index in [1.54, 1.807) is 0 Å². The van der Waals surface area contributed by atoms with E-state index in [0.29, 0.717) is 12.5 Å². The molecule has 0 fully saturated rings. The Bertz CT molecular complexity index is 264. The van der Waals surface area contributed by atoms with Crippen molar-refractivity contribution >= 4 is 35.0 Å². The smallest absolute Gasteiger partial charge is 0.0602 e. The van der Waals surface area contributed by atoms with Crippen molar-refractivity contribution in [3.05, 3.63) is 34.9 Å². The lowest BCUT2D eigenvalue weighted by atomic mass is 10.2. The summed E-state index contributed by atoms with van der Waals surface area (Å²) in [6.07, 6.45) is 0. The average Bonchev–Trinajstić information content (AvgIpc) is 2.26. The summed E-state index contributed by atoms with van der Waals surface area (Å²) < 4.78 is 5.27. The summed E-state index contributed by atoms with van der Waals surface area (Å²) in [5, 5.41) is 0.786. The molecule has 0 saturated heterocycles. The van der Waals surface area contributed by atoms with Gasteiger partial charge in [0.15, 0.2) is 0 Å². The van der Waals surface area contributed by atoms with Crippen LogP contribution in [0, 0.1) is 0 Å². The predicted molar refractivity (Wildman–Crippen MR) is 69.2 cm³/mol. The normalized spacial score (nSPS) is 10.5. The number of halogens is 2. The summed E-state index contributed by atoms with van der Waals surface area (Å²) in [5.41, 5.74) is 1.29. The molecule has 0 atom stereocenters. The Morgan fingerprint density at radius 3 is 2.53 bits per heavy atom. The van der Waals surface area contributed by atoms with Gasteiger partial charge < -0.3 is 4.74 Å². The van der Waals surface area contributed by atoms with Crippen molar-refractivity contribution in [2.45, 2.75) is 5.75 Å². The highest BCUT2D eigenvalue weighted by atomic mass is 35.5. The van der Waals surface area contributed by atoms with E-state index in [9.17, 15) is 0 Å². The molecule has 0 amide bonds. The van der Waals surface area contributed by atoms with E-state index in [-0.39, 0.29) is 0 Å². The molecule has 0 saturated carbocycles. The zero-order valence-corrected chi connectivity index (χ0v) is 10.7. The van der Waals surface area contributed by atoms with Gasteiger partial charge in [0.1, 0.15) is 0 Å². The number of rotatable bonds is 7. The third-order valence-corrected chi connectivity index (χ3v) is 3.17. The van der Waals surface area contributed by atoms with Crippen LogP contribution in [0.4, 0.5) is 0 Å². The first kappa shape index (κ1) is 13.2. The van der Waals surface area contributed by atoms with Crippen molar-refractivity contribution in [2.75, 3.05) is 24.8 Å². The molecule has 1 nitrogen and oxygen atoms in total. The molecule has 1 aromatic rings. The zero-order chi connectivity index (χ0) is 10.9. The number of hydrogen-bond donors (Lipinski definition) is 0. The number of benzene rings is 1. The van der Waals surface area contributed by atoms with Crippen LogP contribution in [0.1, 0.15) is 5.56 Å². The number of alkyl halides is 1. The maximum absolute atomic E-state index is 5.79. The van der Waals surface area contributed by atoms with Gasteiger partial charge >= 0.3 is 0 Å². The second-order valence-corrected chi connectivity index (χ2v) is 4.90. The molecule has 0 radical (unpaired) electrons. The van der Waals surface area contributed by atoms with Gasteiger partial charge in [-0.1, -0.05) is 23.7 Å². The molecule has 0 aliphatic heterocycles. The summed E-state index contributed by atoms with van der Waals surface area (Å²) >= 11 is 13.1. The molecule has 0 heterocycles. The Morgan fingerprint density at radius 2 is 1.87 bits per heavy atom. The van der Waals surface area contributed by atoms with Gasteiger partial charge in [-0.15, -0.1) is 11.6 Å². The van der Waals surface area contributed by atoms with Gasteiger partial charge in [0, 0.05) is 22.4 Å². The van der Waals surface area contributed by atoms with Crippen LogP contribution in [-0.2, 0) is 10.5 Å². The van der Waals surface area contributed by atoms with E-state index in [0.717, 1.165) is 23.1 Å². The third-order valence-electron chi connectivity index (χ3n) is 1.78. The third kappa shape index (κ3) is 6.31. The van der Waals surface area contributed by atoms with E-state index < -0.39 is 0 Å². The molecule has 1 aromatic carbocycles. The van der Waals surface area contributed by atoms with Gasteiger partial charge in [0.2, 0.25) is 0 Å². The van der Waals surface area contributed by atoms with Crippen LogP contribution in [-0.4, -0.2) is 24.8 Å². The Kier molecular flexibility index (Phi) is 7.28. The minimum Gasteiger partial charge on any atom is -0.379 e. The highest BCUT2D eigenvalue weighted by Crippen LogP contribution is 2.15. The molecule has 0 aliphatic rings. The summed E-state index contributed by atoms with van der Waals surface area (Å²) in [7, 11) is 0. The lowest BCUT2D eigenvalue weighted by molar-refractivity contribution is 0.166. The summed E-state index contributed by atoms with van der Waals surface area (Å²) in [4.78, 5) is 0. The molecule has 0 spiro atoms. The molecule has 0 N–H and O–H groups in total. The predicted octanol–water partition coefficient (Wildman–Crippen LogP) is 3.83. The SMILES string of the molecule is ClCCOCCSCc1ccc(Cl)cc1. The minimum absolute atomic E-state index is 0.571. The standard InChI is InChI=1S/C11H14Cl2OS/c12-5-6-14-7-8-15-9-10-1-3-11(13)4-2-10/h1-4H,5-9H2. The molecule has 0 bridgehead atoms. The topological polar surface area (TPSA) is 9.23 Å². The first-order chi connectivity index (χ1) is 7.33. The lowest BCUT2D eigenvalue weighted by Crippen LogP contribution is -2.00. The molecule has 15 heavy (non-hydrogen) atoms. The molecule has 0 unspecified atom stereocenters. The van der Waals surface area contributed by atoms with Gasteiger partial charge in [0.05, 0.1) is 13.2 Å². The first-order valence-electron chi connectivity index (χ1n) is 4.79. The van der Waals surface area contributed by atoms with Crippen molar-refractivity contribution < 1.29 is 4.74 Å². The van der Waals surface area contributed by atoms with E-state index in [1.165, 1.54) is 5.56 Å². The van der Waals surface area contributed by atoms with Crippen LogP contribution in [0.3, 0.4) is 0 Å². The quantitative estimate of drug-likeness (QED) is 0.547. The fourth-order valence-corrected chi connectivity index (χ4v) is 2.09. The van der Waals surface area contributed by atoms with Crippen LogP contribution in [0.5, 0.6) is 0 Å². The Morgan fingerprint density at radius 1 is 1.13 bits per heavy atom. The summed E-state index contributed by atoms with van der Waals surface area (Å²) in [6.45, 7) is 1.41. The Hall–Kier alpha value is 0.110. The van der Waals surface area contributed by atoms with Crippen molar-refractivity contribution in [3.8, 4) is 0 Å². The van der Waals surface area contributed by atoms with Crippen LogP contribution in [0.15, 0.2) is 24.3 Å². The number of hydrogen-bond acceptors (Lipinski definition) is 2. The zero-order valence-electron chi connectivity index (χ0n) is 8.42. The molecular formula is C11H14Cl2OS. The van der Waals surface area contributed by atoms with Crippen molar-refractivity contribution in [1.29, 1.82) is 0 Å². The lowest BCUT2D eigenvalue weighted by Gasteiger charge is -2.03. The van der Waals surface area contributed by atoms with E-state index >= 15 is 0 Å². The molecule has 4 heteroatoms. The molecule has 1 rings (SSSR count). The molecule has 84 valence electrons. The van der Waals surface area contributed by atoms with E-state index in [1.807, 2.05) is 23.9 Å². The number of ether oxygens (including phenoxy) is 1. The van der Waals surface area contributed by atoms with Gasteiger partial charge in [-0.2, -0.15) is 11.8 Å². The van der Waals surface area contributed by atoms with Crippen LogP contribution >= 0.6 is 35.0 Å². The van der Waals surface area contributed by atoms with Gasteiger partial charge in [-0.25, -0.2) is 0 Å². The van der Waals surface area contributed by atoms with Gasteiger partial charge in [-0.05, 0) is 17.7 Å². The minimum atomic E-state index is 0.571. The van der Waals surface area contributed by atoms with Crippen LogP contribution in [0.2, 0.25) is 5.02 Å². The largest absolute Gasteiger partial charge is 0.379 e. The first-order valence-corrected chi connectivity index (χ1v) is 6.85. The fraction of sp³-hybridized carbons (Fsp3) is 0.455. The van der Waals surface area contributed by atoms with Gasteiger partial charge in [-0.3, -0.25) is 0 Å². The highest BCUT2D eigenvalue weighted by molar-refractivity contribution is 7.98. The highest BCUT2D eigenvalue weighted by Gasteiger charge is 1.94. The van der Waals surface area contributed by atoms with Crippen LogP contribution in [0.25, 0.3) is 0 Å². The summed E-state index contributed by atoms with van der Waals surface area (Å²) in [5.74, 6) is 2.57. The van der Waals surface area contributed by atoms with Crippen molar-refractivity contribution in [3.63, 3.8) is 0 Å². The Balaban J connectivity index is 2.07. The number of thioether (sulfide) groups is 1. The average molecular weight is 265 g/mol. The van der Waals surface area contributed by atoms with Crippen molar-refractivity contribution in [2.24, 2.45) is 0 Å².